The molecule has 3 aliphatic carbocycles. The van der Waals surface area contributed by atoms with Gasteiger partial charge in [0.25, 0.3) is 0 Å². The number of benzene rings is 1. The highest BCUT2D eigenvalue weighted by atomic mass is 16.5. The number of carbonyl (C=O) groups is 1. The number of carbonyl (C=O) groups excluding carboxylic acids is 1. The van der Waals surface area contributed by atoms with E-state index in [0.29, 0.717) is 23.5 Å². The molecule has 2 fully saturated rings. The third-order valence-corrected chi connectivity index (χ3v) is 8.25. The van der Waals surface area contributed by atoms with E-state index in [2.05, 4.69) is 32.0 Å². The van der Waals surface area contributed by atoms with Crippen LogP contribution in [0.1, 0.15) is 88.7 Å². The molecule has 6 atom stereocenters. The Morgan fingerprint density at radius 3 is 2.73 bits per heavy atom. The SMILES string of the molecule is CCC[C@H]1C[C@@H]2[C@H](CC[C@]3(C)[C@@H](C(C)=O)CC[C@@H]23)c2ccc(OC)cc21. The minimum Gasteiger partial charge on any atom is -0.497 e. The molecule has 26 heavy (non-hydrogen) atoms. The van der Waals surface area contributed by atoms with E-state index >= 15 is 0 Å². The van der Waals surface area contributed by atoms with Crippen molar-refractivity contribution in [3.05, 3.63) is 29.3 Å². The minimum atomic E-state index is 0.244. The zero-order chi connectivity index (χ0) is 18.5. The summed E-state index contributed by atoms with van der Waals surface area (Å²) in [5.74, 6) is 4.56. The second-order valence-electron chi connectivity index (χ2n) is 9.38. The molecule has 0 aliphatic heterocycles. The summed E-state index contributed by atoms with van der Waals surface area (Å²) in [6.45, 7) is 6.57. The molecule has 0 bridgehead atoms. The van der Waals surface area contributed by atoms with Crippen molar-refractivity contribution in [2.45, 2.75) is 77.6 Å². The van der Waals surface area contributed by atoms with Crippen molar-refractivity contribution < 1.29 is 9.53 Å². The fourth-order valence-corrected chi connectivity index (χ4v) is 7.12. The number of ketones is 1. The van der Waals surface area contributed by atoms with E-state index in [-0.39, 0.29) is 5.41 Å². The zero-order valence-electron chi connectivity index (χ0n) is 16.9. The summed E-state index contributed by atoms with van der Waals surface area (Å²) < 4.78 is 5.53. The van der Waals surface area contributed by atoms with Crippen molar-refractivity contribution in [2.24, 2.45) is 23.2 Å². The van der Waals surface area contributed by atoms with E-state index in [9.17, 15) is 4.79 Å². The van der Waals surface area contributed by atoms with Crippen LogP contribution in [0.4, 0.5) is 0 Å². The number of hydrogen-bond acceptors (Lipinski definition) is 2. The van der Waals surface area contributed by atoms with Gasteiger partial charge in [-0.1, -0.05) is 26.3 Å². The third-order valence-electron chi connectivity index (χ3n) is 8.25. The van der Waals surface area contributed by atoms with Crippen molar-refractivity contribution in [2.75, 3.05) is 7.11 Å². The molecule has 142 valence electrons. The van der Waals surface area contributed by atoms with E-state index in [0.717, 1.165) is 24.0 Å². The molecule has 0 unspecified atom stereocenters. The van der Waals surface area contributed by atoms with Gasteiger partial charge >= 0.3 is 0 Å². The second kappa shape index (κ2) is 6.69. The van der Waals surface area contributed by atoms with Crippen LogP contribution in [-0.2, 0) is 4.79 Å². The van der Waals surface area contributed by atoms with Crippen LogP contribution in [-0.4, -0.2) is 12.9 Å². The molecule has 1 aromatic rings. The van der Waals surface area contributed by atoms with Gasteiger partial charge in [-0.15, -0.1) is 0 Å². The Morgan fingerprint density at radius 1 is 1.23 bits per heavy atom. The largest absolute Gasteiger partial charge is 0.497 e. The number of fused-ring (bicyclic) bond motifs is 5. The van der Waals surface area contributed by atoms with Crippen molar-refractivity contribution in [3.8, 4) is 5.75 Å². The zero-order valence-corrected chi connectivity index (χ0v) is 16.9. The van der Waals surface area contributed by atoms with Gasteiger partial charge in [-0.05, 0) is 97.8 Å². The first-order valence-corrected chi connectivity index (χ1v) is 10.7. The smallest absolute Gasteiger partial charge is 0.133 e. The van der Waals surface area contributed by atoms with Crippen molar-refractivity contribution >= 4 is 5.78 Å². The molecule has 1 aromatic carbocycles. The summed E-state index contributed by atoms with van der Waals surface area (Å²) in [6.07, 6.45) is 8.65. The molecule has 2 nitrogen and oxygen atoms in total. The van der Waals surface area contributed by atoms with Crippen LogP contribution in [0.2, 0.25) is 0 Å². The van der Waals surface area contributed by atoms with E-state index in [1.54, 1.807) is 18.2 Å². The van der Waals surface area contributed by atoms with Crippen LogP contribution in [0.3, 0.4) is 0 Å². The van der Waals surface area contributed by atoms with Crippen LogP contribution in [0.15, 0.2) is 18.2 Å². The molecule has 0 saturated heterocycles. The quantitative estimate of drug-likeness (QED) is 0.653. The first kappa shape index (κ1) is 18.1. The molecule has 2 saturated carbocycles. The van der Waals surface area contributed by atoms with Crippen LogP contribution in [0.25, 0.3) is 0 Å². The highest BCUT2D eigenvalue weighted by Crippen LogP contribution is 2.64. The lowest BCUT2D eigenvalue weighted by Gasteiger charge is -2.52. The summed E-state index contributed by atoms with van der Waals surface area (Å²) in [4.78, 5) is 12.3. The van der Waals surface area contributed by atoms with E-state index in [1.165, 1.54) is 38.5 Å². The lowest BCUT2D eigenvalue weighted by atomic mass is 9.52. The second-order valence-corrected chi connectivity index (χ2v) is 9.38. The first-order chi connectivity index (χ1) is 12.5. The molecule has 4 rings (SSSR count). The van der Waals surface area contributed by atoms with Crippen molar-refractivity contribution in [3.63, 3.8) is 0 Å². The van der Waals surface area contributed by atoms with Gasteiger partial charge in [0.1, 0.15) is 11.5 Å². The standard InChI is InChI=1S/C24H34O2/c1-5-6-16-13-21-19(18-8-7-17(26-4)14-20(16)18)11-12-24(3)22(15(2)25)9-10-23(21)24/h7-8,14,16,19,21-23H,5-6,9-13H2,1-4H3/t16-,19+,21+,22+,23-,24+/m0/s1. The Kier molecular flexibility index (Phi) is 4.65. The predicted molar refractivity (Wildman–Crippen MR) is 106 cm³/mol. The molecular weight excluding hydrogens is 320 g/mol. The van der Waals surface area contributed by atoms with Gasteiger partial charge in [0, 0.05) is 5.92 Å². The Morgan fingerprint density at radius 2 is 2.04 bits per heavy atom. The third kappa shape index (κ3) is 2.63. The number of hydrogen-bond donors (Lipinski definition) is 0. The van der Waals surface area contributed by atoms with E-state index < -0.39 is 0 Å². The molecule has 2 heteroatoms. The van der Waals surface area contributed by atoms with Crippen molar-refractivity contribution in [1.29, 1.82) is 0 Å². The van der Waals surface area contributed by atoms with Gasteiger partial charge < -0.3 is 4.74 Å². The lowest BCUT2D eigenvalue weighted by molar-refractivity contribution is -0.125. The fraction of sp³-hybridized carbons (Fsp3) is 0.708. The monoisotopic (exact) mass is 354 g/mol. The molecule has 0 N–H and O–H groups in total. The molecule has 0 spiro atoms. The molecule has 0 radical (unpaired) electrons. The lowest BCUT2D eigenvalue weighted by Crippen LogP contribution is -2.44. The average molecular weight is 355 g/mol. The van der Waals surface area contributed by atoms with Crippen LogP contribution in [0, 0.1) is 23.2 Å². The Bertz CT molecular complexity index is 693. The Labute approximate surface area is 158 Å². The van der Waals surface area contributed by atoms with Gasteiger partial charge in [-0.25, -0.2) is 0 Å². The van der Waals surface area contributed by atoms with Gasteiger partial charge in [0.15, 0.2) is 0 Å². The Balaban J connectivity index is 1.72. The number of methoxy groups -OCH3 is 1. The number of ether oxygens (including phenoxy) is 1. The van der Waals surface area contributed by atoms with Crippen molar-refractivity contribution in [1.82, 2.24) is 0 Å². The minimum absolute atomic E-state index is 0.244. The highest BCUT2D eigenvalue weighted by Gasteiger charge is 2.56. The maximum absolute atomic E-state index is 12.3. The summed E-state index contributed by atoms with van der Waals surface area (Å²) in [7, 11) is 1.77. The number of Topliss-reactive ketones (excluding diaryl/α,β-unsaturated/α-hetero) is 1. The molecule has 0 heterocycles. The van der Waals surface area contributed by atoms with Crippen LogP contribution in [0.5, 0.6) is 5.75 Å². The van der Waals surface area contributed by atoms with E-state index in [1.807, 2.05) is 6.92 Å². The van der Waals surface area contributed by atoms with Crippen LogP contribution < -0.4 is 4.74 Å². The molecular formula is C24H34O2. The molecule has 3 aliphatic rings. The molecule has 0 amide bonds. The summed E-state index contributed by atoms with van der Waals surface area (Å²) in [5.41, 5.74) is 3.39. The maximum atomic E-state index is 12.3. The average Bonchev–Trinajstić information content (AvgIpc) is 2.99. The Hall–Kier alpha value is -1.31. The van der Waals surface area contributed by atoms with Gasteiger partial charge in [0.2, 0.25) is 0 Å². The predicted octanol–water partition coefficient (Wildman–Crippen LogP) is 6.10. The van der Waals surface area contributed by atoms with Gasteiger partial charge in [-0.2, -0.15) is 0 Å². The maximum Gasteiger partial charge on any atom is 0.133 e. The van der Waals surface area contributed by atoms with Crippen LogP contribution >= 0.6 is 0 Å². The fourth-order valence-electron chi connectivity index (χ4n) is 7.12. The topological polar surface area (TPSA) is 26.3 Å². The summed E-state index contributed by atoms with van der Waals surface area (Å²) >= 11 is 0. The normalized spacial score (nSPS) is 38.2. The first-order valence-electron chi connectivity index (χ1n) is 10.7. The van der Waals surface area contributed by atoms with Gasteiger partial charge in [0.05, 0.1) is 7.11 Å². The van der Waals surface area contributed by atoms with E-state index in [4.69, 9.17) is 4.74 Å². The summed E-state index contributed by atoms with van der Waals surface area (Å²) in [5, 5.41) is 0. The molecule has 0 aromatic heterocycles. The summed E-state index contributed by atoms with van der Waals surface area (Å²) in [6, 6.07) is 6.82. The van der Waals surface area contributed by atoms with Gasteiger partial charge in [-0.3, -0.25) is 4.79 Å². The highest BCUT2D eigenvalue weighted by molar-refractivity contribution is 5.79. The number of rotatable bonds is 4.